The van der Waals surface area contributed by atoms with E-state index in [0.29, 0.717) is 0 Å². The Morgan fingerprint density at radius 2 is 2.14 bits per heavy atom. The van der Waals surface area contributed by atoms with Crippen molar-refractivity contribution in [3.63, 3.8) is 0 Å². The van der Waals surface area contributed by atoms with Gasteiger partial charge in [0, 0.05) is 18.0 Å². The number of hydrogen-bond acceptors (Lipinski definition) is 2. The average Bonchev–Trinajstić information content (AvgIpc) is 2.73. The van der Waals surface area contributed by atoms with Crippen LogP contribution in [-0.2, 0) is 6.54 Å². The Kier molecular flexibility index (Phi) is 2.15. The van der Waals surface area contributed by atoms with E-state index < -0.39 is 0 Å². The molecule has 0 atom stereocenters. The fourth-order valence-electron chi connectivity index (χ4n) is 1.58. The number of rotatable bonds is 2. The van der Waals surface area contributed by atoms with Gasteiger partial charge in [0.1, 0.15) is 0 Å². The van der Waals surface area contributed by atoms with Crippen LogP contribution >= 0.6 is 0 Å². The van der Waals surface area contributed by atoms with Gasteiger partial charge in [-0.1, -0.05) is 5.16 Å². The lowest BCUT2D eigenvalue weighted by Crippen LogP contribution is -1.99. The largest absolute Gasteiger partial charge is 0.359 e. The van der Waals surface area contributed by atoms with Gasteiger partial charge in [-0.25, -0.2) is 0 Å². The molecule has 0 unspecified atom stereocenters. The zero-order chi connectivity index (χ0) is 10.1. The van der Waals surface area contributed by atoms with Crippen molar-refractivity contribution in [2.75, 3.05) is 0 Å². The van der Waals surface area contributed by atoms with Crippen LogP contribution in [0.1, 0.15) is 22.6 Å². The second-order valence-corrected chi connectivity index (χ2v) is 3.63. The first-order valence-corrected chi connectivity index (χ1v) is 4.71. The highest BCUT2D eigenvalue weighted by Crippen LogP contribution is 2.15. The summed E-state index contributed by atoms with van der Waals surface area (Å²) in [5, 5.41) is 3.69. The van der Waals surface area contributed by atoms with Crippen molar-refractivity contribution in [3.05, 3.63) is 41.0 Å². The summed E-state index contributed by atoms with van der Waals surface area (Å²) in [4.78, 5) is 0. The highest BCUT2D eigenvalue weighted by Gasteiger charge is 2.06. The van der Waals surface area contributed by atoms with Gasteiger partial charge in [0.05, 0.1) is 12.7 Å². The second-order valence-electron chi connectivity index (χ2n) is 3.63. The molecule has 2 rings (SSSR count). The van der Waals surface area contributed by atoms with Gasteiger partial charge in [-0.05, 0) is 31.9 Å². The molecule has 0 N–H and O–H groups in total. The summed E-state index contributed by atoms with van der Waals surface area (Å²) in [6.07, 6.45) is 3.82. The summed E-state index contributed by atoms with van der Waals surface area (Å²) < 4.78 is 7.26. The summed E-state index contributed by atoms with van der Waals surface area (Å²) in [5.41, 5.74) is 3.96. The number of aromatic nitrogens is 2. The van der Waals surface area contributed by atoms with E-state index >= 15 is 0 Å². The molecule has 2 heterocycles. The van der Waals surface area contributed by atoms with Gasteiger partial charge >= 0.3 is 0 Å². The average molecular weight is 190 g/mol. The minimum atomic E-state index is 0.764. The van der Waals surface area contributed by atoms with Crippen LogP contribution in [0.3, 0.4) is 0 Å². The lowest BCUT2D eigenvalue weighted by Gasteiger charge is -2.02. The summed E-state index contributed by atoms with van der Waals surface area (Å²) >= 11 is 0. The van der Waals surface area contributed by atoms with Crippen LogP contribution in [0.2, 0.25) is 0 Å². The Balaban J connectivity index is 2.30. The quantitative estimate of drug-likeness (QED) is 0.728. The fraction of sp³-hybridized carbons (Fsp3) is 0.364. The van der Waals surface area contributed by atoms with Gasteiger partial charge in [-0.3, -0.25) is 0 Å². The summed E-state index contributed by atoms with van der Waals surface area (Å²) in [6, 6.07) is 1.89. The molecule has 0 saturated carbocycles. The molecule has 74 valence electrons. The van der Waals surface area contributed by atoms with Crippen LogP contribution in [0.5, 0.6) is 0 Å². The SMILES string of the molecule is Cc1cn(Cc2ccno2)c(C)c1C. The lowest BCUT2D eigenvalue weighted by atomic mass is 10.2. The summed E-state index contributed by atoms with van der Waals surface area (Å²) in [6.45, 7) is 7.15. The van der Waals surface area contributed by atoms with Crippen LogP contribution in [-0.4, -0.2) is 9.72 Å². The maximum atomic E-state index is 5.07. The molecule has 0 bridgehead atoms. The molecule has 0 radical (unpaired) electrons. The maximum Gasteiger partial charge on any atom is 0.156 e. The van der Waals surface area contributed by atoms with Crippen LogP contribution in [0.4, 0.5) is 0 Å². The Hall–Kier alpha value is -1.51. The van der Waals surface area contributed by atoms with Crippen LogP contribution in [0, 0.1) is 20.8 Å². The molecule has 0 aliphatic carbocycles. The first-order valence-electron chi connectivity index (χ1n) is 4.71. The van der Waals surface area contributed by atoms with Gasteiger partial charge < -0.3 is 9.09 Å². The van der Waals surface area contributed by atoms with E-state index in [9.17, 15) is 0 Å². The Labute approximate surface area is 83.3 Å². The first-order chi connectivity index (χ1) is 6.68. The Morgan fingerprint density at radius 3 is 2.64 bits per heavy atom. The minimum absolute atomic E-state index is 0.764. The molecule has 0 aromatic carbocycles. The molecule has 0 amide bonds. The third-order valence-electron chi connectivity index (χ3n) is 2.73. The normalized spacial score (nSPS) is 10.8. The van der Waals surface area contributed by atoms with Crippen LogP contribution in [0.25, 0.3) is 0 Å². The highest BCUT2D eigenvalue weighted by atomic mass is 16.5. The smallest absolute Gasteiger partial charge is 0.156 e. The van der Waals surface area contributed by atoms with Gasteiger partial charge in [-0.2, -0.15) is 0 Å². The minimum Gasteiger partial charge on any atom is -0.359 e. The standard InChI is InChI=1S/C11H14N2O/c1-8-6-13(10(3)9(8)2)7-11-4-5-12-14-11/h4-6H,7H2,1-3H3. The fourth-order valence-corrected chi connectivity index (χ4v) is 1.58. The van der Waals surface area contributed by atoms with E-state index in [1.165, 1.54) is 16.8 Å². The zero-order valence-corrected chi connectivity index (χ0v) is 8.74. The van der Waals surface area contributed by atoms with E-state index in [4.69, 9.17) is 4.52 Å². The van der Waals surface area contributed by atoms with E-state index in [0.717, 1.165) is 12.3 Å². The van der Waals surface area contributed by atoms with Crippen molar-refractivity contribution in [2.45, 2.75) is 27.3 Å². The number of hydrogen-bond donors (Lipinski definition) is 0. The predicted molar refractivity (Wildman–Crippen MR) is 54.2 cm³/mol. The Morgan fingerprint density at radius 1 is 1.36 bits per heavy atom. The zero-order valence-electron chi connectivity index (χ0n) is 8.74. The molecule has 14 heavy (non-hydrogen) atoms. The number of aryl methyl sites for hydroxylation is 1. The lowest BCUT2D eigenvalue weighted by molar-refractivity contribution is 0.375. The predicted octanol–water partition coefficient (Wildman–Crippen LogP) is 2.45. The molecular weight excluding hydrogens is 176 g/mol. The molecule has 0 saturated heterocycles. The second kappa shape index (κ2) is 3.33. The van der Waals surface area contributed by atoms with Gasteiger partial charge in [0.25, 0.3) is 0 Å². The molecule has 2 aromatic rings. The Bertz CT molecular complexity index is 426. The monoisotopic (exact) mass is 190 g/mol. The van der Waals surface area contributed by atoms with E-state index in [1.54, 1.807) is 6.20 Å². The van der Waals surface area contributed by atoms with Crippen molar-refractivity contribution >= 4 is 0 Å². The van der Waals surface area contributed by atoms with Crippen molar-refractivity contribution < 1.29 is 4.52 Å². The van der Waals surface area contributed by atoms with Crippen molar-refractivity contribution in [3.8, 4) is 0 Å². The number of nitrogens with zero attached hydrogens (tertiary/aromatic N) is 2. The third-order valence-corrected chi connectivity index (χ3v) is 2.73. The van der Waals surface area contributed by atoms with E-state index in [-0.39, 0.29) is 0 Å². The van der Waals surface area contributed by atoms with Crippen LogP contribution < -0.4 is 0 Å². The van der Waals surface area contributed by atoms with Crippen molar-refractivity contribution in [2.24, 2.45) is 0 Å². The van der Waals surface area contributed by atoms with Crippen molar-refractivity contribution in [1.82, 2.24) is 9.72 Å². The van der Waals surface area contributed by atoms with E-state index in [2.05, 4.69) is 36.7 Å². The topological polar surface area (TPSA) is 31.0 Å². The van der Waals surface area contributed by atoms with E-state index in [1.807, 2.05) is 6.07 Å². The summed E-state index contributed by atoms with van der Waals surface area (Å²) in [5.74, 6) is 0.892. The maximum absolute atomic E-state index is 5.07. The molecule has 0 spiro atoms. The van der Waals surface area contributed by atoms with Crippen molar-refractivity contribution in [1.29, 1.82) is 0 Å². The molecule has 0 aliphatic heterocycles. The van der Waals surface area contributed by atoms with Crippen LogP contribution in [0.15, 0.2) is 23.0 Å². The highest BCUT2D eigenvalue weighted by molar-refractivity contribution is 5.29. The molecular formula is C11H14N2O. The van der Waals surface area contributed by atoms with Gasteiger partial charge in [-0.15, -0.1) is 0 Å². The molecule has 3 nitrogen and oxygen atoms in total. The summed E-state index contributed by atoms with van der Waals surface area (Å²) in [7, 11) is 0. The molecule has 3 heteroatoms. The van der Waals surface area contributed by atoms with Gasteiger partial charge in [0.2, 0.25) is 0 Å². The molecule has 0 fully saturated rings. The third kappa shape index (κ3) is 1.45. The first kappa shape index (κ1) is 9.06. The molecule has 2 aromatic heterocycles. The molecule has 0 aliphatic rings. The van der Waals surface area contributed by atoms with Gasteiger partial charge in [0.15, 0.2) is 5.76 Å².